The predicted molar refractivity (Wildman–Crippen MR) is 88.3 cm³/mol. The molecule has 120 valence electrons. The van der Waals surface area contributed by atoms with Crippen LogP contribution in [-0.4, -0.2) is 27.7 Å². The highest BCUT2D eigenvalue weighted by Crippen LogP contribution is 2.29. The molecule has 0 saturated heterocycles. The average molecular weight is 312 g/mol. The van der Waals surface area contributed by atoms with Crippen LogP contribution in [-0.2, 0) is 11.2 Å². The van der Waals surface area contributed by atoms with E-state index in [-0.39, 0.29) is 11.9 Å². The quantitative estimate of drug-likeness (QED) is 0.654. The topological polar surface area (TPSA) is 82.8 Å². The second-order valence-corrected chi connectivity index (χ2v) is 5.40. The van der Waals surface area contributed by atoms with E-state index in [4.69, 9.17) is 4.74 Å². The van der Waals surface area contributed by atoms with Crippen molar-refractivity contribution in [2.75, 3.05) is 6.61 Å². The van der Waals surface area contributed by atoms with Gasteiger partial charge in [0.15, 0.2) is 0 Å². The molecule has 0 spiro atoms. The SMILES string of the molecule is CCOc1cccc2[nH]cc(CC(=O)NC(C)c3ccn[nH]3)c12. The molecule has 2 aromatic heterocycles. The van der Waals surface area contributed by atoms with Gasteiger partial charge in [-0.3, -0.25) is 9.89 Å². The summed E-state index contributed by atoms with van der Waals surface area (Å²) in [7, 11) is 0. The number of fused-ring (bicyclic) bond motifs is 1. The second kappa shape index (κ2) is 6.56. The van der Waals surface area contributed by atoms with E-state index in [0.29, 0.717) is 13.0 Å². The van der Waals surface area contributed by atoms with Crippen LogP contribution in [0.15, 0.2) is 36.7 Å². The lowest BCUT2D eigenvalue weighted by Gasteiger charge is -2.12. The number of aromatic amines is 2. The zero-order valence-electron chi connectivity index (χ0n) is 13.2. The van der Waals surface area contributed by atoms with Crippen LogP contribution >= 0.6 is 0 Å². The van der Waals surface area contributed by atoms with Crippen molar-refractivity contribution in [2.24, 2.45) is 0 Å². The predicted octanol–water partition coefficient (Wildman–Crippen LogP) is 2.71. The molecule has 0 bridgehead atoms. The van der Waals surface area contributed by atoms with Gasteiger partial charge in [-0.15, -0.1) is 0 Å². The van der Waals surface area contributed by atoms with Gasteiger partial charge in [0.2, 0.25) is 5.91 Å². The Morgan fingerprint density at radius 2 is 2.26 bits per heavy atom. The Hall–Kier alpha value is -2.76. The maximum Gasteiger partial charge on any atom is 0.225 e. The summed E-state index contributed by atoms with van der Waals surface area (Å²) in [5.74, 6) is 0.759. The van der Waals surface area contributed by atoms with E-state index in [1.54, 1.807) is 6.20 Å². The molecule has 6 nitrogen and oxygen atoms in total. The number of amides is 1. The maximum atomic E-state index is 12.3. The van der Waals surface area contributed by atoms with Gasteiger partial charge in [-0.25, -0.2) is 0 Å². The van der Waals surface area contributed by atoms with Crippen molar-refractivity contribution in [3.63, 3.8) is 0 Å². The third-order valence-corrected chi connectivity index (χ3v) is 3.77. The maximum absolute atomic E-state index is 12.3. The van der Waals surface area contributed by atoms with Crippen molar-refractivity contribution in [1.82, 2.24) is 20.5 Å². The fraction of sp³-hybridized carbons (Fsp3) is 0.294. The zero-order valence-corrected chi connectivity index (χ0v) is 13.2. The summed E-state index contributed by atoms with van der Waals surface area (Å²) < 4.78 is 5.67. The highest BCUT2D eigenvalue weighted by Gasteiger charge is 2.15. The lowest BCUT2D eigenvalue weighted by molar-refractivity contribution is -0.121. The molecule has 3 rings (SSSR count). The first kappa shape index (κ1) is 15.1. The molecule has 3 N–H and O–H groups in total. The Labute approximate surface area is 134 Å². The Kier molecular flexibility index (Phi) is 4.32. The minimum atomic E-state index is -0.110. The van der Waals surface area contributed by atoms with Gasteiger partial charge in [0, 0.05) is 23.3 Å². The number of rotatable bonds is 6. The van der Waals surface area contributed by atoms with Crippen molar-refractivity contribution >= 4 is 16.8 Å². The zero-order chi connectivity index (χ0) is 16.2. The summed E-state index contributed by atoms with van der Waals surface area (Å²) >= 11 is 0. The molecule has 1 amide bonds. The standard InChI is InChI=1S/C17H20N4O2/c1-3-23-15-6-4-5-14-17(15)12(10-18-14)9-16(22)20-11(2)13-7-8-19-21-13/h4-8,10-11,18H,3,9H2,1-2H3,(H,19,21)(H,20,22). The van der Waals surface area contributed by atoms with Crippen molar-refractivity contribution in [1.29, 1.82) is 0 Å². The van der Waals surface area contributed by atoms with Gasteiger partial charge >= 0.3 is 0 Å². The van der Waals surface area contributed by atoms with Crippen molar-refractivity contribution in [2.45, 2.75) is 26.3 Å². The minimum Gasteiger partial charge on any atom is -0.493 e. The third kappa shape index (κ3) is 3.21. The number of aromatic nitrogens is 3. The van der Waals surface area contributed by atoms with Crippen molar-refractivity contribution in [3.05, 3.63) is 47.9 Å². The molecule has 1 unspecified atom stereocenters. The summed E-state index contributed by atoms with van der Waals surface area (Å²) in [4.78, 5) is 15.5. The van der Waals surface area contributed by atoms with Crippen LogP contribution in [0.2, 0.25) is 0 Å². The number of nitrogens with zero attached hydrogens (tertiary/aromatic N) is 1. The molecule has 23 heavy (non-hydrogen) atoms. The number of benzene rings is 1. The van der Waals surface area contributed by atoms with Gasteiger partial charge in [-0.05, 0) is 37.6 Å². The highest BCUT2D eigenvalue weighted by atomic mass is 16.5. The van der Waals surface area contributed by atoms with Crippen LogP contribution in [0.25, 0.3) is 10.9 Å². The van der Waals surface area contributed by atoms with E-state index in [0.717, 1.165) is 27.9 Å². The number of H-pyrrole nitrogens is 2. The number of ether oxygens (including phenoxy) is 1. The van der Waals surface area contributed by atoms with Crippen LogP contribution < -0.4 is 10.1 Å². The number of hydrogen-bond acceptors (Lipinski definition) is 3. The molecule has 0 aliphatic heterocycles. The molecule has 0 fully saturated rings. The number of carbonyl (C=O) groups is 1. The molecule has 2 heterocycles. The number of hydrogen-bond donors (Lipinski definition) is 3. The molecule has 1 atom stereocenters. The van der Waals surface area contributed by atoms with Gasteiger partial charge in [-0.2, -0.15) is 5.10 Å². The van der Waals surface area contributed by atoms with Gasteiger partial charge in [0.05, 0.1) is 24.8 Å². The fourth-order valence-corrected chi connectivity index (χ4v) is 2.69. The molecule has 0 aliphatic rings. The van der Waals surface area contributed by atoms with Gasteiger partial charge in [-0.1, -0.05) is 6.07 Å². The van der Waals surface area contributed by atoms with E-state index in [2.05, 4.69) is 20.5 Å². The Morgan fingerprint density at radius 1 is 1.39 bits per heavy atom. The van der Waals surface area contributed by atoms with Crippen LogP contribution in [0.3, 0.4) is 0 Å². The molecule has 1 aromatic carbocycles. The van der Waals surface area contributed by atoms with E-state index >= 15 is 0 Å². The number of nitrogens with one attached hydrogen (secondary N) is 3. The molecular formula is C17H20N4O2. The molecule has 6 heteroatoms. The van der Waals surface area contributed by atoms with Gasteiger partial charge in [0.1, 0.15) is 5.75 Å². The van der Waals surface area contributed by atoms with E-state index in [9.17, 15) is 4.79 Å². The Bertz CT molecular complexity index is 792. The summed E-state index contributed by atoms with van der Waals surface area (Å²) in [6.45, 7) is 4.46. The first-order valence-electron chi connectivity index (χ1n) is 7.69. The van der Waals surface area contributed by atoms with Crippen molar-refractivity contribution < 1.29 is 9.53 Å². The van der Waals surface area contributed by atoms with Crippen LogP contribution in [0.4, 0.5) is 0 Å². The van der Waals surface area contributed by atoms with Crippen LogP contribution in [0.1, 0.15) is 31.1 Å². The molecule has 0 radical (unpaired) electrons. The fourth-order valence-electron chi connectivity index (χ4n) is 2.69. The van der Waals surface area contributed by atoms with Gasteiger partial charge in [0.25, 0.3) is 0 Å². The van der Waals surface area contributed by atoms with Crippen molar-refractivity contribution in [3.8, 4) is 5.75 Å². The third-order valence-electron chi connectivity index (χ3n) is 3.77. The molecule has 0 saturated carbocycles. The van der Waals surface area contributed by atoms with E-state index < -0.39 is 0 Å². The lowest BCUT2D eigenvalue weighted by atomic mass is 10.1. The minimum absolute atomic E-state index is 0.0423. The molecule has 0 aliphatic carbocycles. The summed E-state index contributed by atoms with van der Waals surface area (Å²) in [6.07, 6.45) is 3.84. The largest absolute Gasteiger partial charge is 0.493 e. The summed E-state index contributed by atoms with van der Waals surface area (Å²) in [6, 6.07) is 7.58. The number of carbonyl (C=O) groups excluding carboxylic acids is 1. The second-order valence-electron chi connectivity index (χ2n) is 5.40. The smallest absolute Gasteiger partial charge is 0.225 e. The average Bonchev–Trinajstić information content (AvgIpc) is 3.18. The summed E-state index contributed by atoms with van der Waals surface area (Å²) in [5, 5.41) is 10.7. The highest BCUT2D eigenvalue weighted by molar-refractivity contribution is 5.93. The molecular weight excluding hydrogens is 292 g/mol. The van der Waals surface area contributed by atoms with E-state index in [1.807, 2.05) is 44.3 Å². The summed E-state index contributed by atoms with van der Waals surface area (Å²) in [5.41, 5.74) is 2.78. The Morgan fingerprint density at radius 3 is 3.00 bits per heavy atom. The van der Waals surface area contributed by atoms with Crippen LogP contribution in [0, 0.1) is 0 Å². The first-order chi connectivity index (χ1) is 11.2. The molecule has 3 aromatic rings. The Balaban J connectivity index is 1.77. The normalized spacial score (nSPS) is 12.3. The first-order valence-corrected chi connectivity index (χ1v) is 7.69. The van der Waals surface area contributed by atoms with Gasteiger partial charge < -0.3 is 15.0 Å². The van der Waals surface area contributed by atoms with Crippen LogP contribution in [0.5, 0.6) is 5.75 Å². The lowest BCUT2D eigenvalue weighted by Crippen LogP contribution is -2.28. The monoisotopic (exact) mass is 312 g/mol. The van der Waals surface area contributed by atoms with E-state index in [1.165, 1.54) is 0 Å².